The average molecular weight is 245 g/mol. The predicted molar refractivity (Wildman–Crippen MR) is 73.8 cm³/mol. The number of para-hydroxylation sites is 1. The molecule has 0 atom stereocenters. The second-order valence-electron chi connectivity index (χ2n) is 4.68. The number of aromatic nitrogens is 2. The van der Waals surface area contributed by atoms with Crippen molar-refractivity contribution in [2.24, 2.45) is 0 Å². The molecular formula is C14H19N3O. The number of rotatable bonds is 4. The molecule has 4 nitrogen and oxygen atoms in total. The summed E-state index contributed by atoms with van der Waals surface area (Å²) in [5.74, 6) is 0.896. The SMILES string of the molecule is Cc1cccc2c(N(CCO)C(C)C)ncnc12. The molecule has 2 aromatic rings. The second-order valence-corrected chi connectivity index (χ2v) is 4.68. The molecule has 0 aliphatic carbocycles. The maximum Gasteiger partial charge on any atom is 0.140 e. The zero-order valence-corrected chi connectivity index (χ0v) is 11.1. The van der Waals surface area contributed by atoms with Gasteiger partial charge in [0.1, 0.15) is 12.1 Å². The lowest BCUT2D eigenvalue weighted by Gasteiger charge is -2.28. The fraction of sp³-hybridized carbons (Fsp3) is 0.429. The molecule has 0 saturated heterocycles. The van der Waals surface area contributed by atoms with Crippen molar-refractivity contribution < 1.29 is 5.11 Å². The third-order valence-electron chi connectivity index (χ3n) is 3.08. The Morgan fingerprint density at radius 2 is 2.06 bits per heavy atom. The number of hydrogen-bond acceptors (Lipinski definition) is 4. The van der Waals surface area contributed by atoms with Crippen LogP contribution in [0.4, 0.5) is 5.82 Å². The second kappa shape index (κ2) is 5.31. The van der Waals surface area contributed by atoms with Crippen LogP contribution in [0.25, 0.3) is 10.9 Å². The molecule has 96 valence electrons. The van der Waals surface area contributed by atoms with E-state index in [1.165, 1.54) is 0 Å². The molecule has 0 fully saturated rings. The van der Waals surface area contributed by atoms with Gasteiger partial charge < -0.3 is 10.0 Å². The first-order valence-corrected chi connectivity index (χ1v) is 6.23. The van der Waals surface area contributed by atoms with Crippen LogP contribution in [-0.4, -0.2) is 34.3 Å². The molecule has 0 radical (unpaired) electrons. The predicted octanol–water partition coefficient (Wildman–Crippen LogP) is 2.15. The number of aliphatic hydroxyl groups is 1. The highest BCUT2D eigenvalue weighted by atomic mass is 16.3. The Morgan fingerprint density at radius 3 is 2.72 bits per heavy atom. The van der Waals surface area contributed by atoms with Gasteiger partial charge in [0.2, 0.25) is 0 Å². The first kappa shape index (κ1) is 12.8. The van der Waals surface area contributed by atoms with E-state index < -0.39 is 0 Å². The van der Waals surface area contributed by atoms with Crippen molar-refractivity contribution in [3.05, 3.63) is 30.1 Å². The summed E-state index contributed by atoms with van der Waals surface area (Å²) in [6.45, 7) is 6.94. The van der Waals surface area contributed by atoms with Crippen molar-refractivity contribution in [2.75, 3.05) is 18.1 Å². The standard InChI is InChI=1S/C14H19N3O/c1-10(2)17(7-8-18)14-12-6-4-5-11(3)13(12)15-9-16-14/h4-6,9-10,18H,7-8H2,1-3H3. The summed E-state index contributed by atoms with van der Waals surface area (Å²) < 4.78 is 0. The highest BCUT2D eigenvalue weighted by molar-refractivity contribution is 5.91. The lowest BCUT2D eigenvalue weighted by molar-refractivity contribution is 0.299. The number of fused-ring (bicyclic) bond motifs is 1. The third kappa shape index (κ3) is 2.29. The molecule has 0 saturated carbocycles. The Kier molecular flexibility index (Phi) is 3.77. The monoisotopic (exact) mass is 245 g/mol. The molecule has 0 unspecified atom stereocenters. The number of aliphatic hydroxyl groups excluding tert-OH is 1. The molecule has 0 spiro atoms. The summed E-state index contributed by atoms with van der Waals surface area (Å²) in [6, 6.07) is 6.38. The van der Waals surface area contributed by atoms with Gasteiger partial charge in [-0.15, -0.1) is 0 Å². The van der Waals surface area contributed by atoms with E-state index in [-0.39, 0.29) is 12.6 Å². The summed E-state index contributed by atoms with van der Waals surface area (Å²) in [7, 11) is 0. The minimum Gasteiger partial charge on any atom is -0.395 e. The maximum absolute atomic E-state index is 9.19. The van der Waals surface area contributed by atoms with Gasteiger partial charge >= 0.3 is 0 Å². The normalized spacial score (nSPS) is 11.2. The molecule has 4 heteroatoms. The van der Waals surface area contributed by atoms with Gasteiger partial charge in [-0.05, 0) is 32.4 Å². The third-order valence-corrected chi connectivity index (χ3v) is 3.08. The molecular weight excluding hydrogens is 226 g/mol. The van der Waals surface area contributed by atoms with Crippen LogP contribution in [0.2, 0.25) is 0 Å². The Labute approximate surface area is 107 Å². The minimum atomic E-state index is 0.121. The smallest absolute Gasteiger partial charge is 0.140 e. The maximum atomic E-state index is 9.19. The number of nitrogens with zero attached hydrogens (tertiary/aromatic N) is 3. The van der Waals surface area contributed by atoms with Crippen molar-refractivity contribution in [1.82, 2.24) is 9.97 Å². The number of hydrogen-bond donors (Lipinski definition) is 1. The molecule has 0 aliphatic rings. The molecule has 0 amide bonds. The lowest BCUT2D eigenvalue weighted by Crippen LogP contribution is -2.34. The van der Waals surface area contributed by atoms with Crippen LogP contribution >= 0.6 is 0 Å². The molecule has 1 aromatic heterocycles. The first-order valence-electron chi connectivity index (χ1n) is 6.23. The Hall–Kier alpha value is -1.68. The molecule has 2 rings (SSSR count). The number of benzene rings is 1. The molecule has 1 aromatic carbocycles. The first-order chi connectivity index (χ1) is 8.65. The largest absolute Gasteiger partial charge is 0.395 e. The van der Waals surface area contributed by atoms with E-state index in [0.717, 1.165) is 22.3 Å². The minimum absolute atomic E-state index is 0.121. The van der Waals surface area contributed by atoms with Gasteiger partial charge in [-0.2, -0.15) is 0 Å². The molecule has 1 heterocycles. The molecule has 0 bridgehead atoms. The topological polar surface area (TPSA) is 49.2 Å². The van der Waals surface area contributed by atoms with Gasteiger partial charge in [0, 0.05) is 18.0 Å². The van der Waals surface area contributed by atoms with Crippen molar-refractivity contribution in [2.45, 2.75) is 26.8 Å². The van der Waals surface area contributed by atoms with E-state index in [1.54, 1.807) is 6.33 Å². The molecule has 0 aliphatic heterocycles. The van der Waals surface area contributed by atoms with Crippen LogP contribution in [0.3, 0.4) is 0 Å². The van der Waals surface area contributed by atoms with E-state index in [2.05, 4.69) is 28.7 Å². The van der Waals surface area contributed by atoms with Gasteiger partial charge in [-0.1, -0.05) is 12.1 Å². The summed E-state index contributed by atoms with van der Waals surface area (Å²) in [5, 5.41) is 10.2. The summed E-state index contributed by atoms with van der Waals surface area (Å²) in [6.07, 6.45) is 1.59. The van der Waals surface area contributed by atoms with Crippen LogP contribution in [-0.2, 0) is 0 Å². The molecule has 1 N–H and O–H groups in total. The highest BCUT2D eigenvalue weighted by Gasteiger charge is 2.15. The average Bonchev–Trinajstić information content (AvgIpc) is 2.36. The van der Waals surface area contributed by atoms with E-state index in [1.807, 2.05) is 25.1 Å². The van der Waals surface area contributed by atoms with Gasteiger partial charge in [0.15, 0.2) is 0 Å². The highest BCUT2D eigenvalue weighted by Crippen LogP contribution is 2.25. The van der Waals surface area contributed by atoms with Crippen molar-refractivity contribution in [1.29, 1.82) is 0 Å². The van der Waals surface area contributed by atoms with Crippen LogP contribution in [0, 0.1) is 6.92 Å². The van der Waals surface area contributed by atoms with Crippen molar-refractivity contribution in [3.63, 3.8) is 0 Å². The van der Waals surface area contributed by atoms with E-state index >= 15 is 0 Å². The molecule has 18 heavy (non-hydrogen) atoms. The summed E-state index contributed by atoms with van der Waals surface area (Å²) in [4.78, 5) is 10.8. The zero-order valence-electron chi connectivity index (χ0n) is 11.1. The van der Waals surface area contributed by atoms with Gasteiger partial charge in [0.05, 0.1) is 12.1 Å². The zero-order chi connectivity index (χ0) is 13.1. The Bertz CT molecular complexity index is 540. The quantitative estimate of drug-likeness (QED) is 0.896. The van der Waals surface area contributed by atoms with Crippen molar-refractivity contribution in [3.8, 4) is 0 Å². The summed E-state index contributed by atoms with van der Waals surface area (Å²) >= 11 is 0. The summed E-state index contributed by atoms with van der Waals surface area (Å²) in [5.41, 5.74) is 2.12. The van der Waals surface area contributed by atoms with Gasteiger partial charge in [-0.25, -0.2) is 9.97 Å². The van der Waals surface area contributed by atoms with Crippen LogP contribution in [0.5, 0.6) is 0 Å². The van der Waals surface area contributed by atoms with E-state index in [4.69, 9.17) is 0 Å². The van der Waals surface area contributed by atoms with Crippen molar-refractivity contribution >= 4 is 16.7 Å². The van der Waals surface area contributed by atoms with E-state index in [9.17, 15) is 5.11 Å². The fourth-order valence-electron chi connectivity index (χ4n) is 2.17. The van der Waals surface area contributed by atoms with E-state index in [0.29, 0.717) is 6.54 Å². The number of anilines is 1. The van der Waals surface area contributed by atoms with Gasteiger partial charge in [0.25, 0.3) is 0 Å². The van der Waals surface area contributed by atoms with Crippen LogP contribution in [0.15, 0.2) is 24.5 Å². The lowest BCUT2D eigenvalue weighted by atomic mass is 10.1. The number of aryl methyl sites for hydroxylation is 1. The van der Waals surface area contributed by atoms with Crippen LogP contribution in [0.1, 0.15) is 19.4 Å². The van der Waals surface area contributed by atoms with Crippen LogP contribution < -0.4 is 4.90 Å². The Balaban J connectivity index is 2.59. The fourth-order valence-corrected chi connectivity index (χ4v) is 2.17. The Morgan fingerprint density at radius 1 is 1.28 bits per heavy atom. The van der Waals surface area contributed by atoms with Gasteiger partial charge in [-0.3, -0.25) is 0 Å².